The molecule has 0 radical (unpaired) electrons. The average Bonchev–Trinajstić information content (AvgIpc) is 2.96. The molecular weight excluding hydrogens is 246 g/mol. The van der Waals surface area contributed by atoms with Crippen LogP contribution in [0.4, 0.5) is 0 Å². The highest BCUT2D eigenvalue weighted by molar-refractivity contribution is 7.99. The van der Waals surface area contributed by atoms with Crippen molar-refractivity contribution in [3.63, 3.8) is 0 Å². The standard InChI is InChI=1S/C14H21NO2S/c16-12(14(17)6-7-18-9-14)15-8-13(4-1-5-13)11(15)10-2-3-10/h10-11,17H,1-9H2. The number of rotatable bonds is 2. The lowest BCUT2D eigenvalue weighted by molar-refractivity contribution is -0.186. The van der Waals surface area contributed by atoms with Crippen molar-refractivity contribution < 1.29 is 9.90 Å². The molecule has 0 bridgehead atoms. The van der Waals surface area contributed by atoms with Gasteiger partial charge in [0.2, 0.25) is 0 Å². The Morgan fingerprint density at radius 3 is 2.56 bits per heavy atom. The van der Waals surface area contributed by atoms with Crippen molar-refractivity contribution in [2.75, 3.05) is 18.1 Å². The summed E-state index contributed by atoms with van der Waals surface area (Å²) in [5, 5.41) is 10.5. The van der Waals surface area contributed by atoms with Gasteiger partial charge in [0.15, 0.2) is 5.60 Å². The number of hydrogen-bond acceptors (Lipinski definition) is 3. The van der Waals surface area contributed by atoms with Crippen LogP contribution < -0.4 is 0 Å². The van der Waals surface area contributed by atoms with Gasteiger partial charge in [0.1, 0.15) is 0 Å². The molecule has 0 aromatic rings. The molecule has 3 nitrogen and oxygen atoms in total. The summed E-state index contributed by atoms with van der Waals surface area (Å²) < 4.78 is 0. The molecule has 4 rings (SSSR count). The third-order valence-electron chi connectivity index (χ3n) is 5.53. The molecule has 1 N–H and O–H groups in total. The molecule has 2 aliphatic carbocycles. The van der Waals surface area contributed by atoms with Gasteiger partial charge in [-0.25, -0.2) is 0 Å². The lowest BCUT2D eigenvalue weighted by Gasteiger charge is -2.63. The zero-order valence-corrected chi connectivity index (χ0v) is 11.5. The van der Waals surface area contributed by atoms with Crippen LogP contribution in [0.25, 0.3) is 0 Å². The Bertz CT molecular complexity index is 383. The molecule has 0 aromatic carbocycles. The Kier molecular flexibility index (Phi) is 2.36. The van der Waals surface area contributed by atoms with E-state index < -0.39 is 5.60 Å². The summed E-state index contributed by atoms with van der Waals surface area (Å²) in [5.41, 5.74) is -0.567. The van der Waals surface area contributed by atoms with Crippen molar-refractivity contribution >= 4 is 17.7 Å². The molecule has 1 amide bonds. The number of nitrogens with zero attached hydrogens (tertiary/aromatic N) is 1. The Balaban J connectivity index is 1.53. The van der Waals surface area contributed by atoms with E-state index in [1.54, 1.807) is 11.8 Å². The van der Waals surface area contributed by atoms with Gasteiger partial charge < -0.3 is 10.0 Å². The minimum absolute atomic E-state index is 0.0434. The molecule has 4 aliphatic rings. The highest BCUT2D eigenvalue weighted by Gasteiger charge is 2.63. The second kappa shape index (κ2) is 3.66. The van der Waals surface area contributed by atoms with E-state index in [1.165, 1.54) is 32.1 Å². The van der Waals surface area contributed by atoms with E-state index in [-0.39, 0.29) is 5.91 Å². The quantitative estimate of drug-likeness (QED) is 0.827. The third-order valence-corrected chi connectivity index (χ3v) is 6.70. The molecule has 1 spiro atoms. The van der Waals surface area contributed by atoms with Crippen LogP contribution in [0, 0.1) is 11.3 Å². The molecule has 18 heavy (non-hydrogen) atoms. The van der Waals surface area contributed by atoms with Crippen molar-refractivity contribution in [2.24, 2.45) is 11.3 Å². The van der Waals surface area contributed by atoms with Crippen molar-refractivity contribution in [3.8, 4) is 0 Å². The predicted octanol–water partition coefficient (Wildman–Crippen LogP) is 1.65. The van der Waals surface area contributed by atoms with Gasteiger partial charge in [-0.15, -0.1) is 0 Å². The molecule has 4 fully saturated rings. The van der Waals surface area contributed by atoms with Crippen LogP contribution in [0.15, 0.2) is 0 Å². The van der Waals surface area contributed by atoms with Gasteiger partial charge in [0, 0.05) is 23.8 Å². The minimum atomic E-state index is -1.04. The summed E-state index contributed by atoms with van der Waals surface area (Å²) in [6, 6.07) is 0.480. The van der Waals surface area contributed by atoms with Crippen LogP contribution in [0.1, 0.15) is 38.5 Å². The van der Waals surface area contributed by atoms with Gasteiger partial charge in [-0.3, -0.25) is 4.79 Å². The molecule has 2 unspecified atom stereocenters. The fourth-order valence-electron chi connectivity index (χ4n) is 4.19. The van der Waals surface area contributed by atoms with Crippen molar-refractivity contribution in [1.29, 1.82) is 0 Å². The monoisotopic (exact) mass is 267 g/mol. The first-order valence-corrected chi connectivity index (χ1v) is 8.41. The van der Waals surface area contributed by atoms with Crippen LogP contribution in [0.2, 0.25) is 0 Å². The first-order chi connectivity index (χ1) is 8.65. The largest absolute Gasteiger partial charge is 0.379 e. The number of carbonyl (C=O) groups excluding carboxylic acids is 1. The second-order valence-electron chi connectivity index (χ2n) is 6.77. The average molecular weight is 267 g/mol. The predicted molar refractivity (Wildman–Crippen MR) is 71.4 cm³/mol. The van der Waals surface area contributed by atoms with E-state index in [0.29, 0.717) is 23.6 Å². The Labute approximate surface area is 112 Å². The number of likely N-dealkylation sites (tertiary alicyclic amines) is 1. The van der Waals surface area contributed by atoms with Gasteiger partial charge in [-0.2, -0.15) is 11.8 Å². The van der Waals surface area contributed by atoms with Gasteiger partial charge in [0.25, 0.3) is 5.91 Å². The zero-order valence-electron chi connectivity index (χ0n) is 10.7. The lowest BCUT2D eigenvalue weighted by Crippen LogP contribution is -2.72. The summed E-state index contributed by atoms with van der Waals surface area (Å²) in [6.07, 6.45) is 7.20. The minimum Gasteiger partial charge on any atom is -0.379 e. The van der Waals surface area contributed by atoms with Crippen molar-refractivity contribution in [2.45, 2.75) is 50.2 Å². The van der Waals surface area contributed by atoms with Crippen molar-refractivity contribution in [3.05, 3.63) is 0 Å². The SMILES string of the molecule is O=C(N1CC2(CCC2)C1C1CC1)C1(O)CCSC1. The molecule has 100 valence electrons. The Morgan fingerprint density at radius 1 is 1.28 bits per heavy atom. The number of thioether (sulfide) groups is 1. The van der Waals surface area contributed by atoms with Crippen LogP contribution >= 0.6 is 11.8 Å². The molecule has 2 atom stereocenters. The topological polar surface area (TPSA) is 40.5 Å². The molecule has 4 heteroatoms. The van der Waals surface area contributed by atoms with Gasteiger partial charge in [-0.1, -0.05) is 6.42 Å². The highest BCUT2D eigenvalue weighted by Crippen LogP contribution is 2.60. The smallest absolute Gasteiger partial charge is 0.255 e. The summed E-state index contributed by atoms with van der Waals surface area (Å²) in [6.45, 7) is 0.931. The lowest BCUT2D eigenvalue weighted by atomic mass is 9.56. The number of amides is 1. The van der Waals surface area contributed by atoms with Gasteiger partial charge >= 0.3 is 0 Å². The second-order valence-corrected chi connectivity index (χ2v) is 7.87. The molecule has 2 saturated carbocycles. The first-order valence-electron chi connectivity index (χ1n) is 7.26. The Hall–Kier alpha value is -0.220. The fourth-order valence-corrected chi connectivity index (χ4v) is 5.42. The molecule has 2 heterocycles. The molecule has 2 saturated heterocycles. The normalized spacial score (nSPS) is 41.6. The summed E-state index contributed by atoms with van der Waals surface area (Å²) in [7, 11) is 0. The van der Waals surface area contributed by atoms with Crippen LogP contribution in [-0.4, -0.2) is 45.6 Å². The van der Waals surface area contributed by atoms with Crippen LogP contribution in [-0.2, 0) is 4.79 Å². The van der Waals surface area contributed by atoms with E-state index in [0.717, 1.165) is 18.2 Å². The summed E-state index contributed by atoms with van der Waals surface area (Å²) in [5.74, 6) is 2.32. The molecule has 0 aromatic heterocycles. The van der Waals surface area contributed by atoms with E-state index in [9.17, 15) is 9.90 Å². The van der Waals surface area contributed by atoms with Crippen LogP contribution in [0.5, 0.6) is 0 Å². The van der Waals surface area contributed by atoms with E-state index >= 15 is 0 Å². The number of aliphatic hydroxyl groups is 1. The molecular formula is C14H21NO2S. The van der Waals surface area contributed by atoms with E-state index in [4.69, 9.17) is 0 Å². The maximum Gasteiger partial charge on any atom is 0.255 e. The third kappa shape index (κ3) is 1.45. The van der Waals surface area contributed by atoms with Crippen LogP contribution in [0.3, 0.4) is 0 Å². The van der Waals surface area contributed by atoms with E-state index in [1.807, 2.05) is 4.90 Å². The summed E-state index contributed by atoms with van der Waals surface area (Å²) >= 11 is 1.71. The number of carbonyl (C=O) groups is 1. The highest BCUT2D eigenvalue weighted by atomic mass is 32.2. The van der Waals surface area contributed by atoms with Gasteiger partial charge in [-0.05, 0) is 43.8 Å². The maximum absolute atomic E-state index is 12.6. The fraction of sp³-hybridized carbons (Fsp3) is 0.929. The summed E-state index contributed by atoms with van der Waals surface area (Å²) in [4.78, 5) is 14.6. The number of hydrogen-bond donors (Lipinski definition) is 1. The zero-order chi connectivity index (χ0) is 12.4. The Morgan fingerprint density at radius 2 is 2.06 bits per heavy atom. The first kappa shape index (κ1) is 11.6. The maximum atomic E-state index is 12.6. The van der Waals surface area contributed by atoms with E-state index in [2.05, 4.69) is 0 Å². The molecule has 2 aliphatic heterocycles. The van der Waals surface area contributed by atoms with Crippen molar-refractivity contribution in [1.82, 2.24) is 4.90 Å². The van der Waals surface area contributed by atoms with Gasteiger partial charge in [0.05, 0.1) is 0 Å².